The molecule has 19 heavy (non-hydrogen) atoms. The molecular weight excluding hydrogens is 270 g/mol. The molecule has 0 saturated carbocycles. The molecule has 0 unspecified atom stereocenters. The second-order valence-electron chi connectivity index (χ2n) is 4.36. The summed E-state index contributed by atoms with van der Waals surface area (Å²) in [7, 11) is -3.07. The number of anilines is 1. The lowest BCUT2D eigenvalue weighted by molar-refractivity contribution is -0.385. The van der Waals surface area contributed by atoms with E-state index in [1.165, 1.54) is 6.07 Å². The maximum atomic E-state index is 11.5. The standard InChI is InChI=1S/C11H17N3O4S/c1-4-19(17,18)7-9(3)13-11-8(2)5-10(6-12-11)14(15)16/h5-6,9H,4,7H2,1-3H3,(H,12,13)/t9-/m0/s1. The molecule has 106 valence electrons. The largest absolute Gasteiger partial charge is 0.366 e. The average Bonchev–Trinajstić information content (AvgIpc) is 2.30. The van der Waals surface area contributed by atoms with Crippen LogP contribution in [0, 0.1) is 17.0 Å². The summed E-state index contributed by atoms with van der Waals surface area (Å²) in [6, 6.07) is 1.09. The van der Waals surface area contributed by atoms with E-state index in [1.54, 1.807) is 20.8 Å². The van der Waals surface area contributed by atoms with Crippen molar-refractivity contribution in [1.29, 1.82) is 0 Å². The minimum absolute atomic E-state index is 0.00159. The Bertz CT molecular complexity index is 571. The fourth-order valence-corrected chi connectivity index (χ4v) is 2.67. The molecule has 8 heteroatoms. The quantitative estimate of drug-likeness (QED) is 0.629. The van der Waals surface area contributed by atoms with Crippen LogP contribution in [-0.4, -0.2) is 35.9 Å². The number of pyridine rings is 1. The average molecular weight is 287 g/mol. The number of nitrogens with zero attached hydrogens (tertiary/aromatic N) is 2. The zero-order chi connectivity index (χ0) is 14.6. The van der Waals surface area contributed by atoms with E-state index in [-0.39, 0.29) is 23.2 Å². The van der Waals surface area contributed by atoms with Crippen LogP contribution in [-0.2, 0) is 9.84 Å². The van der Waals surface area contributed by atoms with Crippen LogP contribution in [0.4, 0.5) is 11.5 Å². The molecule has 0 aliphatic carbocycles. The van der Waals surface area contributed by atoms with Gasteiger partial charge in [0.1, 0.15) is 12.0 Å². The number of nitrogens with one attached hydrogen (secondary N) is 1. The first kappa shape index (κ1) is 15.4. The van der Waals surface area contributed by atoms with Crippen molar-refractivity contribution in [3.63, 3.8) is 0 Å². The number of rotatable bonds is 6. The Morgan fingerprint density at radius 1 is 1.53 bits per heavy atom. The van der Waals surface area contributed by atoms with Crippen molar-refractivity contribution in [2.24, 2.45) is 0 Å². The Hall–Kier alpha value is -1.70. The first-order valence-electron chi connectivity index (χ1n) is 5.83. The Kier molecular flexibility index (Phi) is 4.82. The van der Waals surface area contributed by atoms with Crippen molar-refractivity contribution in [2.45, 2.75) is 26.8 Å². The van der Waals surface area contributed by atoms with Gasteiger partial charge in [-0.3, -0.25) is 10.1 Å². The summed E-state index contributed by atoms with van der Waals surface area (Å²) in [5.74, 6) is 0.553. The minimum atomic E-state index is -3.07. The molecule has 7 nitrogen and oxygen atoms in total. The molecule has 1 aromatic heterocycles. The number of nitro groups is 1. The fourth-order valence-electron chi connectivity index (χ4n) is 1.58. The lowest BCUT2D eigenvalue weighted by Gasteiger charge is -2.15. The predicted octanol–water partition coefficient (Wildman–Crippen LogP) is 1.53. The van der Waals surface area contributed by atoms with Crippen LogP contribution in [0.3, 0.4) is 0 Å². The second-order valence-corrected chi connectivity index (χ2v) is 6.76. The van der Waals surface area contributed by atoms with E-state index in [9.17, 15) is 18.5 Å². The van der Waals surface area contributed by atoms with Crippen LogP contribution in [0.5, 0.6) is 0 Å². The molecule has 0 aromatic carbocycles. The molecule has 1 heterocycles. The van der Waals surface area contributed by atoms with Crippen molar-refractivity contribution >= 4 is 21.3 Å². The molecule has 0 fully saturated rings. The number of aryl methyl sites for hydroxylation is 1. The van der Waals surface area contributed by atoms with Gasteiger partial charge in [-0.15, -0.1) is 0 Å². The van der Waals surface area contributed by atoms with Gasteiger partial charge in [0.25, 0.3) is 5.69 Å². The van der Waals surface area contributed by atoms with Crippen molar-refractivity contribution in [3.05, 3.63) is 27.9 Å². The molecule has 0 spiro atoms. The summed E-state index contributed by atoms with van der Waals surface area (Å²) in [4.78, 5) is 14.0. The molecular formula is C11H17N3O4S. The Morgan fingerprint density at radius 2 is 2.16 bits per heavy atom. The van der Waals surface area contributed by atoms with Crippen molar-refractivity contribution in [2.75, 3.05) is 16.8 Å². The third-order valence-corrected chi connectivity index (χ3v) is 4.49. The molecule has 1 aromatic rings. The molecule has 0 amide bonds. The van der Waals surface area contributed by atoms with Crippen LogP contribution in [0.15, 0.2) is 12.3 Å². The molecule has 0 bridgehead atoms. The molecule has 1 N–H and O–H groups in total. The highest BCUT2D eigenvalue weighted by atomic mass is 32.2. The Morgan fingerprint density at radius 3 is 2.63 bits per heavy atom. The topological polar surface area (TPSA) is 102 Å². The summed E-state index contributed by atoms with van der Waals surface area (Å²) in [5, 5.41) is 13.5. The summed E-state index contributed by atoms with van der Waals surface area (Å²) in [6.45, 7) is 5.01. The summed E-state index contributed by atoms with van der Waals surface area (Å²) in [6.07, 6.45) is 1.15. The van der Waals surface area contributed by atoms with Crippen LogP contribution in [0.2, 0.25) is 0 Å². The highest BCUT2D eigenvalue weighted by Crippen LogP contribution is 2.18. The first-order chi connectivity index (χ1) is 8.75. The van der Waals surface area contributed by atoms with Crippen LogP contribution in [0.25, 0.3) is 0 Å². The molecule has 0 radical (unpaired) electrons. The van der Waals surface area contributed by atoms with Gasteiger partial charge in [0.15, 0.2) is 9.84 Å². The summed E-state index contributed by atoms with van der Waals surface area (Å²) >= 11 is 0. The van der Waals surface area contributed by atoms with E-state index in [1.807, 2.05) is 0 Å². The van der Waals surface area contributed by atoms with E-state index >= 15 is 0 Å². The smallest absolute Gasteiger partial charge is 0.287 e. The fraction of sp³-hybridized carbons (Fsp3) is 0.545. The van der Waals surface area contributed by atoms with Crippen molar-refractivity contribution in [1.82, 2.24) is 4.98 Å². The van der Waals surface area contributed by atoms with Gasteiger partial charge in [0, 0.05) is 17.9 Å². The molecule has 1 rings (SSSR count). The highest BCUT2D eigenvalue weighted by molar-refractivity contribution is 7.91. The molecule has 1 atom stereocenters. The van der Waals surface area contributed by atoms with Crippen molar-refractivity contribution in [3.8, 4) is 0 Å². The van der Waals surface area contributed by atoms with Gasteiger partial charge in [-0.25, -0.2) is 13.4 Å². The van der Waals surface area contributed by atoms with Gasteiger partial charge in [-0.05, 0) is 19.4 Å². The monoisotopic (exact) mass is 287 g/mol. The molecule has 0 aliphatic heterocycles. The van der Waals surface area contributed by atoms with E-state index in [4.69, 9.17) is 0 Å². The zero-order valence-electron chi connectivity index (χ0n) is 11.1. The Labute approximate surface area is 112 Å². The van der Waals surface area contributed by atoms with Crippen LogP contribution in [0.1, 0.15) is 19.4 Å². The number of aromatic nitrogens is 1. The van der Waals surface area contributed by atoms with Crippen LogP contribution < -0.4 is 5.32 Å². The van der Waals surface area contributed by atoms with Crippen LogP contribution >= 0.6 is 0 Å². The van der Waals surface area contributed by atoms with Crippen molar-refractivity contribution < 1.29 is 13.3 Å². The number of hydrogen-bond acceptors (Lipinski definition) is 6. The third kappa shape index (κ3) is 4.47. The van der Waals surface area contributed by atoms with Gasteiger partial charge in [0.05, 0.1) is 10.7 Å². The highest BCUT2D eigenvalue weighted by Gasteiger charge is 2.16. The lowest BCUT2D eigenvalue weighted by Crippen LogP contribution is -2.27. The second kappa shape index (κ2) is 5.96. The zero-order valence-corrected chi connectivity index (χ0v) is 11.9. The first-order valence-corrected chi connectivity index (χ1v) is 7.65. The predicted molar refractivity (Wildman–Crippen MR) is 73.0 cm³/mol. The summed E-state index contributed by atoms with van der Waals surface area (Å²) in [5.41, 5.74) is 0.520. The van der Waals surface area contributed by atoms with Gasteiger partial charge < -0.3 is 5.32 Å². The van der Waals surface area contributed by atoms with E-state index in [2.05, 4.69) is 10.3 Å². The number of sulfone groups is 1. The SMILES string of the molecule is CCS(=O)(=O)C[C@H](C)Nc1ncc([N+](=O)[O-])cc1C. The maximum absolute atomic E-state index is 11.5. The van der Waals surface area contributed by atoms with Gasteiger partial charge in [0.2, 0.25) is 0 Å². The Balaban J connectivity index is 2.80. The van der Waals surface area contributed by atoms with Gasteiger partial charge in [-0.1, -0.05) is 6.92 Å². The number of hydrogen-bond donors (Lipinski definition) is 1. The molecule has 0 saturated heterocycles. The molecule has 0 aliphatic rings. The minimum Gasteiger partial charge on any atom is -0.366 e. The van der Waals surface area contributed by atoms with E-state index < -0.39 is 14.8 Å². The maximum Gasteiger partial charge on any atom is 0.287 e. The van der Waals surface area contributed by atoms with E-state index in [0.29, 0.717) is 11.4 Å². The third-order valence-electron chi connectivity index (χ3n) is 2.60. The van der Waals surface area contributed by atoms with Gasteiger partial charge >= 0.3 is 0 Å². The lowest BCUT2D eigenvalue weighted by atomic mass is 10.2. The van der Waals surface area contributed by atoms with E-state index in [0.717, 1.165) is 6.20 Å². The normalized spacial score (nSPS) is 13.0. The van der Waals surface area contributed by atoms with Gasteiger partial charge in [-0.2, -0.15) is 0 Å². The summed E-state index contributed by atoms with van der Waals surface area (Å²) < 4.78 is 23.0.